The number of hydrogen-bond donors (Lipinski definition) is 0. The predicted octanol–water partition coefficient (Wildman–Crippen LogP) is 1.36. The molecule has 0 fully saturated rings. The highest BCUT2D eigenvalue weighted by Crippen LogP contribution is 2.09. The van der Waals surface area contributed by atoms with Crippen LogP contribution in [0.5, 0.6) is 0 Å². The van der Waals surface area contributed by atoms with Crippen molar-refractivity contribution in [3.63, 3.8) is 0 Å². The van der Waals surface area contributed by atoms with Gasteiger partial charge < -0.3 is 4.57 Å². The van der Waals surface area contributed by atoms with Crippen LogP contribution in [-0.2, 0) is 13.1 Å². The van der Waals surface area contributed by atoms with Gasteiger partial charge in [0.05, 0.1) is 6.33 Å². The molecule has 0 aliphatic rings. The van der Waals surface area contributed by atoms with Gasteiger partial charge in [0.25, 0.3) is 11.1 Å². The maximum absolute atomic E-state index is 11.8. The molecule has 0 unspecified atom stereocenters. The van der Waals surface area contributed by atoms with Gasteiger partial charge in [-0.25, -0.2) is 4.98 Å². The highest BCUT2D eigenvalue weighted by molar-refractivity contribution is 14.1. The van der Waals surface area contributed by atoms with Crippen molar-refractivity contribution in [3.05, 3.63) is 60.2 Å². The minimum Gasteiger partial charge on any atom is -0.314 e. The van der Waals surface area contributed by atoms with E-state index in [1.807, 2.05) is 22.6 Å². The van der Waals surface area contributed by atoms with Crippen LogP contribution in [0.1, 0.15) is 0 Å². The summed E-state index contributed by atoms with van der Waals surface area (Å²) in [6.45, 7) is 0.794. The topological polar surface area (TPSA) is 56.9 Å². The minimum absolute atomic E-state index is 0.0952. The van der Waals surface area contributed by atoms with Crippen molar-refractivity contribution < 1.29 is 0 Å². The van der Waals surface area contributed by atoms with Crippen LogP contribution in [0, 0.1) is 3.57 Å². The van der Waals surface area contributed by atoms with Gasteiger partial charge in [0.1, 0.15) is 8.72 Å². The second kappa shape index (κ2) is 5.66. The lowest BCUT2D eigenvalue weighted by Gasteiger charge is -2.08. The summed E-state index contributed by atoms with van der Waals surface area (Å²) in [5.41, 5.74) is -0.290. The van der Waals surface area contributed by atoms with Crippen molar-refractivity contribution >= 4 is 34.2 Å². The van der Waals surface area contributed by atoms with Crippen LogP contribution >= 0.6 is 34.2 Å². The number of aromatic nitrogens is 3. The molecule has 0 atom stereocenters. The number of nitrogens with zero attached hydrogens (tertiary/aromatic N) is 3. The van der Waals surface area contributed by atoms with Gasteiger partial charge in [0, 0.05) is 25.4 Å². The molecule has 0 aliphatic heterocycles. The summed E-state index contributed by atoms with van der Waals surface area (Å²) in [6, 6.07) is 4.93. The largest absolute Gasteiger partial charge is 0.314 e. The fourth-order valence-electron chi connectivity index (χ4n) is 1.46. The molecular weight excluding hydrogens is 368 g/mol. The Balaban J connectivity index is 2.22. The molecular formula is C11H9ClIN3O2. The van der Waals surface area contributed by atoms with Crippen LogP contribution in [0.25, 0.3) is 0 Å². The molecule has 0 aromatic carbocycles. The van der Waals surface area contributed by atoms with Crippen LogP contribution < -0.4 is 11.1 Å². The van der Waals surface area contributed by atoms with Gasteiger partial charge in [-0.15, -0.1) is 0 Å². The summed E-state index contributed by atoms with van der Waals surface area (Å²) >= 11 is 7.60. The van der Waals surface area contributed by atoms with Crippen molar-refractivity contribution in [2.75, 3.05) is 0 Å². The van der Waals surface area contributed by atoms with E-state index in [9.17, 15) is 9.59 Å². The molecule has 0 amide bonds. The third-order valence-electron chi connectivity index (χ3n) is 2.42. The van der Waals surface area contributed by atoms with Crippen molar-refractivity contribution in [1.29, 1.82) is 0 Å². The number of aryl methyl sites for hydroxylation is 2. The number of rotatable bonds is 3. The highest BCUT2D eigenvalue weighted by Gasteiger charge is 2.06. The maximum atomic E-state index is 11.8. The SMILES string of the molecule is O=c1ccccn1CCn1cnc(Cl)c(I)c1=O. The molecule has 0 bridgehead atoms. The molecule has 0 N–H and O–H groups in total. The van der Waals surface area contributed by atoms with Gasteiger partial charge in [-0.2, -0.15) is 0 Å². The Morgan fingerprint density at radius 2 is 1.94 bits per heavy atom. The molecule has 0 spiro atoms. The molecule has 0 saturated heterocycles. The second-order valence-corrected chi connectivity index (χ2v) is 5.02. The zero-order chi connectivity index (χ0) is 13.1. The molecule has 0 aliphatic carbocycles. The Morgan fingerprint density at radius 1 is 1.22 bits per heavy atom. The quantitative estimate of drug-likeness (QED) is 0.600. The smallest absolute Gasteiger partial charge is 0.268 e. The fraction of sp³-hybridized carbons (Fsp3) is 0.182. The molecule has 2 aromatic heterocycles. The highest BCUT2D eigenvalue weighted by atomic mass is 127. The van der Waals surface area contributed by atoms with Crippen LogP contribution in [0.2, 0.25) is 5.15 Å². The van der Waals surface area contributed by atoms with Crippen LogP contribution in [-0.4, -0.2) is 14.1 Å². The Kier molecular flexibility index (Phi) is 4.18. The Labute approximate surface area is 121 Å². The van der Waals surface area contributed by atoms with Crippen LogP contribution in [0.3, 0.4) is 0 Å². The Hall–Kier alpha value is -1.15. The van der Waals surface area contributed by atoms with Crippen molar-refractivity contribution in [2.24, 2.45) is 0 Å². The monoisotopic (exact) mass is 377 g/mol. The van der Waals surface area contributed by atoms with E-state index in [-0.39, 0.29) is 16.3 Å². The molecule has 94 valence electrons. The van der Waals surface area contributed by atoms with Gasteiger partial charge >= 0.3 is 0 Å². The first-order chi connectivity index (χ1) is 8.59. The zero-order valence-electron chi connectivity index (χ0n) is 9.22. The molecule has 0 radical (unpaired) electrons. The Morgan fingerprint density at radius 3 is 2.67 bits per heavy atom. The van der Waals surface area contributed by atoms with Gasteiger partial charge in [0.2, 0.25) is 0 Å². The summed E-state index contributed by atoms with van der Waals surface area (Å²) in [6.07, 6.45) is 3.07. The lowest BCUT2D eigenvalue weighted by Crippen LogP contribution is -2.27. The van der Waals surface area contributed by atoms with Gasteiger partial charge in [-0.1, -0.05) is 17.7 Å². The molecule has 18 heavy (non-hydrogen) atoms. The molecule has 2 heterocycles. The Bertz CT molecular complexity index is 680. The van der Waals surface area contributed by atoms with E-state index in [1.54, 1.807) is 18.3 Å². The lowest BCUT2D eigenvalue weighted by molar-refractivity contribution is 0.545. The molecule has 2 rings (SSSR count). The summed E-state index contributed by atoms with van der Waals surface area (Å²) in [5, 5.41) is 0.203. The average molecular weight is 378 g/mol. The summed E-state index contributed by atoms with van der Waals surface area (Å²) in [7, 11) is 0. The van der Waals surface area contributed by atoms with E-state index in [2.05, 4.69) is 4.98 Å². The normalized spacial score (nSPS) is 10.6. The van der Waals surface area contributed by atoms with E-state index in [0.717, 1.165) is 0 Å². The average Bonchev–Trinajstić information content (AvgIpc) is 2.37. The first-order valence-electron chi connectivity index (χ1n) is 5.15. The van der Waals surface area contributed by atoms with E-state index >= 15 is 0 Å². The van der Waals surface area contributed by atoms with E-state index in [4.69, 9.17) is 11.6 Å². The second-order valence-electron chi connectivity index (χ2n) is 3.58. The van der Waals surface area contributed by atoms with Crippen LogP contribution in [0.15, 0.2) is 40.3 Å². The molecule has 0 saturated carbocycles. The summed E-state index contributed by atoms with van der Waals surface area (Å²) < 4.78 is 3.36. The maximum Gasteiger partial charge on any atom is 0.268 e. The molecule has 7 heteroatoms. The molecule has 2 aromatic rings. The summed E-state index contributed by atoms with van der Waals surface area (Å²) in [5.74, 6) is 0. The van der Waals surface area contributed by atoms with Gasteiger partial charge in [-0.3, -0.25) is 14.2 Å². The number of hydrogen-bond acceptors (Lipinski definition) is 3. The van der Waals surface area contributed by atoms with Gasteiger partial charge in [0.15, 0.2) is 0 Å². The predicted molar refractivity (Wildman–Crippen MR) is 76.9 cm³/mol. The van der Waals surface area contributed by atoms with E-state index < -0.39 is 0 Å². The van der Waals surface area contributed by atoms with Crippen molar-refractivity contribution in [3.8, 4) is 0 Å². The number of halogens is 2. The minimum atomic E-state index is -0.195. The molecule has 5 nitrogen and oxygen atoms in total. The third-order valence-corrected chi connectivity index (χ3v) is 4.00. The van der Waals surface area contributed by atoms with E-state index in [1.165, 1.54) is 21.5 Å². The number of pyridine rings is 1. The van der Waals surface area contributed by atoms with Crippen molar-refractivity contribution in [1.82, 2.24) is 14.1 Å². The zero-order valence-corrected chi connectivity index (χ0v) is 12.1. The first-order valence-corrected chi connectivity index (χ1v) is 6.61. The van der Waals surface area contributed by atoms with Crippen molar-refractivity contribution in [2.45, 2.75) is 13.1 Å². The lowest BCUT2D eigenvalue weighted by atomic mass is 10.4. The van der Waals surface area contributed by atoms with E-state index in [0.29, 0.717) is 16.7 Å². The fourth-order valence-corrected chi connectivity index (χ4v) is 2.04. The first kappa shape index (κ1) is 13.3. The van der Waals surface area contributed by atoms with Crippen LogP contribution in [0.4, 0.5) is 0 Å². The van der Waals surface area contributed by atoms with Gasteiger partial charge in [-0.05, 0) is 28.7 Å². The standard InChI is InChI=1S/C11H9ClIN3O2/c12-10-9(13)11(18)16(7-14-10)6-5-15-4-2-1-3-8(15)17/h1-4,7H,5-6H2. The third kappa shape index (κ3) is 2.81. The summed E-state index contributed by atoms with van der Waals surface area (Å²) in [4.78, 5) is 27.2.